The molecule has 0 aromatic rings. The van der Waals surface area contributed by atoms with Gasteiger partial charge in [-0.2, -0.15) is 0 Å². The van der Waals surface area contributed by atoms with E-state index in [0.717, 1.165) is 12.3 Å². The average molecular weight is 171 g/mol. The highest BCUT2D eigenvalue weighted by atomic mass is 16.3. The summed E-state index contributed by atoms with van der Waals surface area (Å²) in [6.07, 6.45) is 8.03. The zero-order chi connectivity index (χ0) is 8.81. The highest BCUT2D eigenvalue weighted by Crippen LogP contribution is 2.28. The van der Waals surface area contributed by atoms with Crippen molar-refractivity contribution in [3.63, 3.8) is 0 Å². The number of rotatable bonds is 4. The summed E-state index contributed by atoms with van der Waals surface area (Å²) in [6, 6.07) is 0. The van der Waals surface area contributed by atoms with Gasteiger partial charge < -0.3 is 10.8 Å². The molecule has 1 rings (SSSR count). The van der Waals surface area contributed by atoms with Crippen LogP contribution in [0.3, 0.4) is 0 Å². The molecule has 1 unspecified atom stereocenters. The Morgan fingerprint density at radius 3 is 2.42 bits per heavy atom. The SMILES string of the molecule is NCC(CO)CC1CCCCC1. The van der Waals surface area contributed by atoms with Crippen LogP contribution in [0.1, 0.15) is 38.5 Å². The van der Waals surface area contributed by atoms with Gasteiger partial charge >= 0.3 is 0 Å². The molecule has 1 saturated carbocycles. The molecule has 2 nitrogen and oxygen atoms in total. The molecule has 1 aliphatic rings. The first-order chi connectivity index (χ1) is 5.86. The quantitative estimate of drug-likeness (QED) is 0.673. The summed E-state index contributed by atoms with van der Waals surface area (Å²) in [7, 11) is 0. The number of aliphatic hydroxyl groups excluding tert-OH is 1. The second kappa shape index (κ2) is 5.55. The Morgan fingerprint density at radius 2 is 1.92 bits per heavy atom. The van der Waals surface area contributed by atoms with Gasteiger partial charge in [-0.25, -0.2) is 0 Å². The maximum atomic E-state index is 8.98. The molecule has 3 N–H and O–H groups in total. The topological polar surface area (TPSA) is 46.2 Å². The van der Waals surface area contributed by atoms with Crippen molar-refractivity contribution in [3.8, 4) is 0 Å². The molecule has 1 fully saturated rings. The van der Waals surface area contributed by atoms with Crippen LogP contribution in [0, 0.1) is 11.8 Å². The first-order valence-corrected chi connectivity index (χ1v) is 5.17. The molecule has 1 aliphatic carbocycles. The van der Waals surface area contributed by atoms with Gasteiger partial charge in [-0.05, 0) is 24.8 Å². The summed E-state index contributed by atoms with van der Waals surface area (Å²) in [6.45, 7) is 0.917. The molecule has 2 heteroatoms. The summed E-state index contributed by atoms with van der Waals surface area (Å²) in [5, 5.41) is 8.98. The minimum Gasteiger partial charge on any atom is -0.396 e. The Hall–Kier alpha value is -0.0800. The third-order valence-corrected chi connectivity index (χ3v) is 2.98. The van der Waals surface area contributed by atoms with Gasteiger partial charge in [0.2, 0.25) is 0 Å². The minimum absolute atomic E-state index is 0.271. The van der Waals surface area contributed by atoms with Crippen LogP contribution in [0.15, 0.2) is 0 Å². The fourth-order valence-corrected chi connectivity index (χ4v) is 2.14. The third kappa shape index (κ3) is 3.11. The van der Waals surface area contributed by atoms with Crippen molar-refractivity contribution in [2.45, 2.75) is 38.5 Å². The molecule has 0 aliphatic heterocycles. The van der Waals surface area contributed by atoms with Crippen LogP contribution in [0.25, 0.3) is 0 Å². The average Bonchev–Trinajstić information content (AvgIpc) is 2.16. The van der Waals surface area contributed by atoms with E-state index in [1.807, 2.05) is 0 Å². The van der Waals surface area contributed by atoms with Crippen molar-refractivity contribution in [2.75, 3.05) is 13.2 Å². The normalized spacial score (nSPS) is 22.5. The molecule has 0 saturated heterocycles. The molecule has 12 heavy (non-hydrogen) atoms. The summed E-state index contributed by atoms with van der Waals surface area (Å²) >= 11 is 0. The van der Waals surface area contributed by atoms with Crippen LogP contribution in [-0.2, 0) is 0 Å². The van der Waals surface area contributed by atoms with Crippen LogP contribution < -0.4 is 5.73 Å². The molecular weight excluding hydrogens is 150 g/mol. The van der Waals surface area contributed by atoms with Crippen LogP contribution in [0.5, 0.6) is 0 Å². The fourth-order valence-electron chi connectivity index (χ4n) is 2.14. The lowest BCUT2D eigenvalue weighted by atomic mass is 9.83. The second-order valence-corrected chi connectivity index (χ2v) is 4.02. The summed E-state index contributed by atoms with van der Waals surface area (Å²) in [5.41, 5.74) is 5.54. The van der Waals surface area contributed by atoms with E-state index in [9.17, 15) is 0 Å². The molecule has 0 aromatic heterocycles. The number of hydrogen-bond donors (Lipinski definition) is 2. The number of nitrogens with two attached hydrogens (primary N) is 1. The van der Waals surface area contributed by atoms with Crippen molar-refractivity contribution in [3.05, 3.63) is 0 Å². The van der Waals surface area contributed by atoms with Gasteiger partial charge in [-0.1, -0.05) is 32.1 Å². The van der Waals surface area contributed by atoms with E-state index < -0.39 is 0 Å². The summed E-state index contributed by atoms with van der Waals surface area (Å²) < 4.78 is 0. The highest BCUT2D eigenvalue weighted by molar-refractivity contribution is 4.70. The van der Waals surface area contributed by atoms with Crippen molar-refractivity contribution >= 4 is 0 Å². The van der Waals surface area contributed by atoms with E-state index in [1.54, 1.807) is 0 Å². The standard InChI is InChI=1S/C10H21NO/c11-7-10(8-12)6-9-4-2-1-3-5-9/h9-10,12H,1-8,11H2. The largest absolute Gasteiger partial charge is 0.396 e. The molecule has 1 atom stereocenters. The van der Waals surface area contributed by atoms with Crippen LogP contribution >= 0.6 is 0 Å². The Morgan fingerprint density at radius 1 is 1.25 bits per heavy atom. The monoisotopic (exact) mass is 171 g/mol. The Labute approximate surface area is 75.2 Å². The molecular formula is C10H21NO. The van der Waals surface area contributed by atoms with Crippen molar-refractivity contribution in [1.82, 2.24) is 0 Å². The molecule has 0 heterocycles. The fraction of sp³-hybridized carbons (Fsp3) is 1.00. The predicted molar refractivity (Wildman–Crippen MR) is 50.8 cm³/mol. The van der Waals surface area contributed by atoms with E-state index in [1.165, 1.54) is 32.1 Å². The molecule has 0 spiro atoms. The van der Waals surface area contributed by atoms with Crippen molar-refractivity contribution in [1.29, 1.82) is 0 Å². The van der Waals surface area contributed by atoms with E-state index in [2.05, 4.69) is 0 Å². The maximum absolute atomic E-state index is 8.98. The lowest BCUT2D eigenvalue weighted by molar-refractivity contribution is 0.190. The van der Waals surface area contributed by atoms with E-state index in [4.69, 9.17) is 10.8 Å². The zero-order valence-electron chi connectivity index (χ0n) is 7.84. The minimum atomic E-state index is 0.271. The van der Waals surface area contributed by atoms with Gasteiger partial charge in [-0.15, -0.1) is 0 Å². The molecule has 0 bridgehead atoms. The summed E-state index contributed by atoms with van der Waals surface area (Å²) in [5.74, 6) is 1.20. The van der Waals surface area contributed by atoms with Gasteiger partial charge in [0.05, 0.1) is 0 Å². The van der Waals surface area contributed by atoms with E-state index >= 15 is 0 Å². The van der Waals surface area contributed by atoms with Gasteiger partial charge in [0.15, 0.2) is 0 Å². The third-order valence-electron chi connectivity index (χ3n) is 2.98. The van der Waals surface area contributed by atoms with Crippen LogP contribution in [-0.4, -0.2) is 18.3 Å². The Balaban J connectivity index is 2.18. The Kier molecular flexibility index (Phi) is 4.62. The van der Waals surface area contributed by atoms with Crippen LogP contribution in [0.4, 0.5) is 0 Å². The van der Waals surface area contributed by atoms with Crippen LogP contribution in [0.2, 0.25) is 0 Å². The molecule has 72 valence electrons. The molecule has 0 radical (unpaired) electrons. The first-order valence-electron chi connectivity index (χ1n) is 5.17. The Bertz CT molecular complexity index is 106. The van der Waals surface area contributed by atoms with E-state index in [0.29, 0.717) is 12.5 Å². The highest BCUT2D eigenvalue weighted by Gasteiger charge is 2.17. The van der Waals surface area contributed by atoms with Gasteiger partial charge in [0.1, 0.15) is 0 Å². The maximum Gasteiger partial charge on any atom is 0.0471 e. The van der Waals surface area contributed by atoms with Gasteiger partial charge in [0.25, 0.3) is 0 Å². The van der Waals surface area contributed by atoms with E-state index in [-0.39, 0.29) is 6.61 Å². The first kappa shape index (κ1) is 10.0. The number of aliphatic hydroxyl groups is 1. The molecule has 0 aromatic carbocycles. The second-order valence-electron chi connectivity index (χ2n) is 4.02. The van der Waals surface area contributed by atoms with Gasteiger partial charge in [-0.3, -0.25) is 0 Å². The van der Waals surface area contributed by atoms with Crippen molar-refractivity contribution in [2.24, 2.45) is 17.6 Å². The molecule has 0 amide bonds. The lowest BCUT2D eigenvalue weighted by Gasteiger charge is -2.24. The number of hydrogen-bond acceptors (Lipinski definition) is 2. The van der Waals surface area contributed by atoms with Crippen molar-refractivity contribution < 1.29 is 5.11 Å². The lowest BCUT2D eigenvalue weighted by Crippen LogP contribution is -2.22. The predicted octanol–water partition coefficient (Wildman–Crippen LogP) is 1.52. The summed E-state index contributed by atoms with van der Waals surface area (Å²) in [4.78, 5) is 0. The van der Waals surface area contributed by atoms with Gasteiger partial charge in [0, 0.05) is 6.61 Å². The smallest absolute Gasteiger partial charge is 0.0471 e. The zero-order valence-corrected chi connectivity index (χ0v) is 7.84.